The number of hydrogen-bond donors (Lipinski definition) is 2. The van der Waals surface area contributed by atoms with Crippen molar-refractivity contribution in [2.75, 3.05) is 18.2 Å². The van der Waals surface area contributed by atoms with Crippen molar-refractivity contribution in [3.8, 4) is 0 Å². The van der Waals surface area contributed by atoms with Crippen molar-refractivity contribution in [1.82, 2.24) is 0 Å². The third kappa shape index (κ3) is 3.23. The molecule has 0 aromatic heterocycles. The highest BCUT2D eigenvalue weighted by Gasteiger charge is 2.08. The Morgan fingerprint density at radius 3 is 2.65 bits per heavy atom. The summed E-state index contributed by atoms with van der Waals surface area (Å²) in [6.45, 7) is 0. The Labute approximate surface area is 130 Å². The lowest BCUT2D eigenvalue weighted by molar-refractivity contribution is 0.0601. The predicted octanol–water partition coefficient (Wildman–Crippen LogP) is 4.21. The van der Waals surface area contributed by atoms with Crippen LogP contribution in [0.2, 0.25) is 5.02 Å². The molecule has 3 N–H and O–H groups in total. The van der Waals surface area contributed by atoms with Gasteiger partial charge >= 0.3 is 5.97 Å². The summed E-state index contributed by atoms with van der Waals surface area (Å²) in [4.78, 5) is 11.4. The molecule has 0 unspecified atom stereocenters. The number of nitrogens with one attached hydrogen (secondary N) is 1. The Hall–Kier alpha value is -1.72. The van der Waals surface area contributed by atoms with Crippen LogP contribution in [0.4, 0.5) is 17.1 Å². The molecule has 6 heteroatoms. The van der Waals surface area contributed by atoms with E-state index in [9.17, 15) is 4.79 Å². The first-order chi connectivity index (χ1) is 9.51. The molecule has 4 nitrogen and oxygen atoms in total. The van der Waals surface area contributed by atoms with Gasteiger partial charge in [0.15, 0.2) is 0 Å². The molecule has 2 aromatic rings. The minimum Gasteiger partial charge on any atom is -0.465 e. The lowest BCUT2D eigenvalue weighted by atomic mass is 10.1. The van der Waals surface area contributed by atoms with Gasteiger partial charge < -0.3 is 15.8 Å². The summed E-state index contributed by atoms with van der Waals surface area (Å²) in [5.41, 5.74) is 8.32. The normalized spacial score (nSPS) is 10.2. The standard InChI is InChI=1S/C14H12BrClN2O2/c1-20-14(19)8-2-5-13(12(17)6-8)18-9-3-4-11(16)10(15)7-9/h2-7,18H,17H2,1H3. The van der Waals surface area contributed by atoms with Crippen LogP contribution < -0.4 is 11.1 Å². The van der Waals surface area contributed by atoms with Crippen molar-refractivity contribution in [2.45, 2.75) is 0 Å². The third-order valence-corrected chi connectivity index (χ3v) is 3.89. The van der Waals surface area contributed by atoms with Crippen LogP contribution in [0.1, 0.15) is 10.4 Å². The average Bonchev–Trinajstić information content (AvgIpc) is 2.44. The highest BCUT2D eigenvalue weighted by molar-refractivity contribution is 9.10. The number of ether oxygens (including phenoxy) is 1. The van der Waals surface area contributed by atoms with E-state index in [4.69, 9.17) is 17.3 Å². The molecular formula is C14H12BrClN2O2. The Morgan fingerprint density at radius 1 is 1.30 bits per heavy atom. The van der Waals surface area contributed by atoms with Gasteiger partial charge in [0.1, 0.15) is 0 Å². The van der Waals surface area contributed by atoms with Crippen molar-refractivity contribution in [3.63, 3.8) is 0 Å². The van der Waals surface area contributed by atoms with E-state index in [1.165, 1.54) is 7.11 Å². The van der Waals surface area contributed by atoms with Gasteiger partial charge in [-0.2, -0.15) is 0 Å². The van der Waals surface area contributed by atoms with Gasteiger partial charge in [-0.15, -0.1) is 0 Å². The summed E-state index contributed by atoms with van der Waals surface area (Å²) >= 11 is 9.29. The lowest BCUT2D eigenvalue weighted by Gasteiger charge is -2.11. The number of carbonyl (C=O) groups is 1. The number of methoxy groups -OCH3 is 1. The summed E-state index contributed by atoms with van der Waals surface area (Å²) in [5.74, 6) is -0.419. The minimum atomic E-state index is -0.419. The Kier molecular flexibility index (Phi) is 4.52. The molecule has 0 heterocycles. The number of rotatable bonds is 3. The number of hydrogen-bond acceptors (Lipinski definition) is 4. The quantitative estimate of drug-likeness (QED) is 0.639. The number of anilines is 3. The van der Waals surface area contributed by atoms with E-state index in [2.05, 4.69) is 26.0 Å². The molecule has 2 rings (SSSR count). The zero-order chi connectivity index (χ0) is 14.7. The zero-order valence-electron chi connectivity index (χ0n) is 10.6. The van der Waals surface area contributed by atoms with E-state index in [-0.39, 0.29) is 0 Å². The number of benzene rings is 2. The molecule has 20 heavy (non-hydrogen) atoms. The zero-order valence-corrected chi connectivity index (χ0v) is 13.0. The molecule has 2 aromatic carbocycles. The van der Waals surface area contributed by atoms with Gasteiger partial charge in [-0.3, -0.25) is 0 Å². The van der Waals surface area contributed by atoms with Crippen molar-refractivity contribution in [1.29, 1.82) is 0 Å². The van der Waals surface area contributed by atoms with Crippen molar-refractivity contribution < 1.29 is 9.53 Å². The van der Waals surface area contributed by atoms with E-state index in [0.717, 1.165) is 10.2 Å². The molecule has 0 bridgehead atoms. The summed E-state index contributed by atoms with van der Waals surface area (Å²) in [6.07, 6.45) is 0. The number of esters is 1. The minimum absolute atomic E-state index is 0.410. The largest absolute Gasteiger partial charge is 0.465 e. The van der Waals surface area contributed by atoms with Crippen molar-refractivity contribution >= 4 is 50.6 Å². The van der Waals surface area contributed by atoms with Crippen LogP contribution in [0.5, 0.6) is 0 Å². The van der Waals surface area contributed by atoms with Gasteiger partial charge in [0.2, 0.25) is 0 Å². The third-order valence-electron chi connectivity index (χ3n) is 2.67. The fraction of sp³-hybridized carbons (Fsp3) is 0.0714. The first-order valence-corrected chi connectivity index (χ1v) is 6.88. The Bertz CT molecular complexity index is 662. The first kappa shape index (κ1) is 14.7. The smallest absolute Gasteiger partial charge is 0.337 e. The molecule has 0 aliphatic rings. The second kappa shape index (κ2) is 6.15. The fourth-order valence-corrected chi connectivity index (χ4v) is 2.15. The molecular weight excluding hydrogens is 344 g/mol. The summed E-state index contributed by atoms with van der Waals surface area (Å²) in [7, 11) is 1.33. The van der Waals surface area contributed by atoms with Crippen LogP contribution in [0, 0.1) is 0 Å². The number of carbonyl (C=O) groups excluding carboxylic acids is 1. The molecule has 0 aliphatic carbocycles. The molecule has 0 fully saturated rings. The highest BCUT2D eigenvalue weighted by Crippen LogP contribution is 2.29. The van der Waals surface area contributed by atoms with Crippen LogP contribution in [-0.4, -0.2) is 13.1 Å². The van der Waals surface area contributed by atoms with E-state index in [1.807, 2.05) is 12.1 Å². The van der Waals surface area contributed by atoms with Gasteiger partial charge in [0.25, 0.3) is 0 Å². The first-order valence-electron chi connectivity index (χ1n) is 5.71. The molecule has 0 aliphatic heterocycles. The average molecular weight is 356 g/mol. The second-order valence-electron chi connectivity index (χ2n) is 4.05. The fourth-order valence-electron chi connectivity index (χ4n) is 1.65. The van der Waals surface area contributed by atoms with Crippen molar-refractivity contribution in [2.24, 2.45) is 0 Å². The predicted molar refractivity (Wildman–Crippen MR) is 84.6 cm³/mol. The van der Waals surface area contributed by atoms with Crippen LogP contribution in [0.15, 0.2) is 40.9 Å². The van der Waals surface area contributed by atoms with Gasteiger partial charge in [0, 0.05) is 10.2 Å². The van der Waals surface area contributed by atoms with Gasteiger partial charge in [0.05, 0.1) is 29.1 Å². The van der Waals surface area contributed by atoms with Gasteiger partial charge in [-0.1, -0.05) is 11.6 Å². The highest BCUT2D eigenvalue weighted by atomic mass is 79.9. The molecule has 0 spiro atoms. The maximum absolute atomic E-state index is 11.4. The molecule has 0 radical (unpaired) electrons. The van der Waals surface area contributed by atoms with Gasteiger partial charge in [-0.25, -0.2) is 4.79 Å². The maximum Gasteiger partial charge on any atom is 0.337 e. The summed E-state index contributed by atoms with van der Waals surface area (Å²) in [6, 6.07) is 10.4. The Balaban J connectivity index is 2.25. The maximum atomic E-state index is 11.4. The van der Waals surface area contributed by atoms with Crippen LogP contribution >= 0.6 is 27.5 Å². The SMILES string of the molecule is COC(=O)c1ccc(Nc2ccc(Cl)c(Br)c2)c(N)c1. The molecule has 0 amide bonds. The molecule has 104 valence electrons. The van der Waals surface area contributed by atoms with Gasteiger partial charge in [-0.05, 0) is 52.3 Å². The number of nitrogen functional groups attached to an aromatic ring is 1. The monoisotopic (exact) mass is 354 g/mol. The van der Waals surface area contributed by atoms with E-state index < -0.39 is 5.97 Å². The topological polar surface area (TPSA) is 64.3 Å². The van der Waals surface area contributed by atoms with Crippen LogP contribution in [-0.2, 0) is 4.74 Å². The number of nitrogens with two attached hydrogens (primary N) is 1. The van der Waals surface area contributed by atoms with E-state index in [0.29, 0.717) is 22.0 Å². The molecule has 0 saturated heterocycles. The van der Waals surface area contributed by atoms with Crippen molar-refractivity contribution in [3.05, 3.63) is 51.5 Å². The van der Waals surface area contributed by atoms with E-state index in [1.54, 1.807) is 24.3 Å². The Morgan fingerprint density at radius 2 is 2.05 bits per heavy atom. The number of halogens is 2. The van der Waals surface area contributed by atoms with Crippen LogP contribution in [0.3, 0.4) is 0 Å². The van der Waals surface area contributed by atoms with E-state index >= 15 is 0 Å². The second-order valence-corrected chi connectivity index (χ2v) is 5.31. The molecule has 0 atom stereocenters. The summed E-state index contributed by atoms with van der Waals surface area (Å²) < 4.78 is 5.43. The molecule has 0 saturated carbocycles. The summed E-state index contributed by atoms with van der Waals surface area (Å²) in [5, 5.41) is 3.79. The van der Waals surface area contributed by atoms with Crippen LogP contribution in [0.25, 0.3) is 0 Å². The lowest BCUT2D eigenvalue weighted by Crippen LogP contribution is -2.03.